The number of benzene rings is 1. The van der Waals surface area contributed by atoms with Crippen molar-refractivity contribution in [2.45, 2.75) is 31.8 Å². The van der Waals surface area contributed by atoms with Crippen molar-refractivity contribution in [2.24, 2.45) is 0 Å². The van der Waals surface area contributed by atoms with Crippen molar-refractivity contribution >= 4 is 26.6 Å². The highest BCUT2D eigenvalue weighted by molar-refractivity contribution is 7.91. The van der Waals surface area contributed by atoms with Gasteiger partial charge in [-0.15, -0.1) is 0 Å². The lowest BCUT2D eigenvalue weighted by Crippen LogP contribution is -2.38. The fourth-order valence-corrected chi connectivity index (χ4v) is 5.15. The Hall–Kier alpha value is -2.42. The largest absolute Gasteiger partial charge is 0.484 e. The molecule has 2 aliphatic rings. The predicted octanol–water partition coefficient (Wildman–Crippen LogP) is 0.0248. The second-order valence-electron chi connectivity index (χ2n) is 6.72. The molecule has 1 N–H and O–H groups in total. The van der Waals surface area contributed by atoms with E-state index in [9.17, 15) is 18.0 Å². The fraction of sp³-hybridized carbons (Fsp3) is 0.471. The number of nitrogens with one attached hydrogen (secondary N) is 1. The number of carbonyl (C=O) groups excluding carboxylic acids is 1. The highest BCUT2D eigenvalue weighted by Gasteiger charge is 2.28. The molecule has 2 aromatic rings. The summed E-state index contributed by atoms with van der Waals surface area (Å²) in [4.78, 5) is 29.0. The van der Waals surface area contributed by atoms with Crippen LogP contribution in [0, 0.1) is 0 Å². The van der Waals surface area contributed by atoms with Gasteiger partial charge in [-0.2, -0.15) is 0 Å². The van der Waals surface area contributed by atoms with E-state index in [1.54, 1.807) is 22.8 Å². The summed E-state index contributed by atoms with van der Waals surface area (Å²) in [5.41, 5.74) is 0.532. The molecule has 1 atom stereocenters. The van der Waals surface area contributed by atoms with E-state index in [0.29, 0.717) is 29.6 Å². The Morgan fingerprint density at radius 3 is 3.00 bits per heavy atom. The Morgan fingerprint density at radius 2 is 2.23 bits per heavy atom. The molecule has 0 bridgehead atoms. The zero-order chi connectivity index (χ0) is 18.3. The molecule has 1 aromatic heterocycles. The molecule has 0 aliphatic carbocycles. The van der Waals surface area contributed by atoms with Crippen molar-refractivity contribution < 1.29 is 17.9 Å². The van der Waals surface area contributed by atoms with Gasteiger partial charge in [-0.3, -0.25) is 14.2 Å². The Labute approximate surface area is 150 Å². The number of fused-ring (bicyclic) bond motifs is 2. The third-order valence-corrected chi connectivity index (χ3v) is 6.52. The molecule has 26 heavy (non-hydrogen) atoms. The van der Waals surface area contributed by atoms with Crippen LogP contribution in [0.15, 0.2) is 23.0 Å². The van der Waals surface area contributed by atoms with E-state index in [-0.39, 0.29) is 35.6 Å². The average Bonchev–Trinajstić information content (AvgIpc) is 3.19. The lowest BCUT2D eigenvalue weighted by Gasteiger charge is -2.12. The minimum absolute atomic E-state index is 0.0255. The Balaban J connectivity index is 1.44. The number of aryl methyl sites for hydroxylation is 1. The predicted molar refractivity (Wildman–Crippen MR) is 95.0 cm³/mol. The normalized spacial score (nSPS) is 20.8. The minimum Gasteiger partial charge on any atom is -0.484 e. The third-order valence-electron chi connectivity index (χ3n) is 4.75. The van der Waals surface area contributed by atoms with Crippen molar-refractivity contribution in [2.75, 3.05) is 18.1 Å². The summed E-state index contributed by atoms with van der Waals surface area (Å²) in [6.45, 7) is 0.441. The molecule has 0 saturated carbocycles. The van der Waals surface area contributed by atoms with E-state index in [2.05, 4.69) is 10.3 Å². The van der Waals surface area contributed by atoms with Crippen LogP contribution in [0.5, 0.6) is 5.75 Å². The zero-order valence-electron chi connectivity index (χ0n) is 14.1. The van der Waals surface area contributed by atoms with E-state index < -0.39 is 9.84 Å². The molecule has 1 saturated heterocycles. The number of rotatable bonds is 4. The number of sulfone groups is 1. The van der Waals surface area contributed by atoms with E-state index in [0.717, 1.165) is 18.7 Å². The molecule has 1 aromatic carbocycles. The van der Waals surface area contributed by atoms with Crippen molar-refractivity contribution in [1.82, 2.24) is 14.9 Å². The van der Waals surface area contributed by atoms with Crippen molar-refractivity contribution in [3.8, 4) is 5.75 Å². The second-order valence-corrected chi connectivity index (χ2v) is 8.95. The monoisotopic (exact) mass is 377 g/mol. The lowest BCUT2D eigenvalue weighted by molar-refractivity contribution is -0.123. The van der Waals surface area contributed by atoms with E-state index in [4.69, 9.17) is 4.74 Å². The molecule has 9 heteroatoms. The Bertz CT molecular complexity index is 1040. The quantitative estimate of drug-likeness (QED) is 0.805. The maximum absolute atomic E-state index is 12.5. The summed E-state index contributed by atoms with van der Waals surface area (Å²) < 4.78 is 30.0. The summed E-state index contributed by atoms with van der Waals surface area (Å²) in [7, 11) is -3.04. The van der Waals surface area contributed by atoms with Gasteiger partial charge in [0.2, 0.25) is 0 Å². The second kappa shape index (κ2) is 6.39. The van der Waals surface area contributed by atoms with Crippen molar-refractivity contribution in [3.63, 3.8) is 0 Å². The molecule has 1 amide bonds. The van der Waals surface area contributed by atoms with Gasteiger partial charge in [0, 0.05) is 19.0 Å². The molecule has 1 fully saturated rings. The van der Waals surface area contributed by atoms with Crippen LogP contribution in [0.4, 0.5) is 0 Å². The Morgan fingerprint density at radius 1 is 1.38 bits per heavy atom. The number of carbonyl (C=O) groups is 1. The average molecular weight is 377 g/mol. The first kappa shape index (κ1) is 17.0. The highest BCUT2D eigenvalue weighted by Crippen LogP contribution is 2.20. The lowest BCUT2D eigenvalue weighted by atomic mass is 10.2. The first-order valence-electron chi connectivity index (χ1n) is 8.57. The van der Waals surface area contributed by atoms with Gasteiger partial charge < -0.3 is 10.1 Å². The third kappa shape index (κ3) is 3.31. The topological polar surface area (TPSA) is 107 Å². The molecule has 4 rings (SSSR count). The van der Waals surface area contributed by atoms with Gasteiger partial charge in [0.1, 0.15) is 11.6 Å². The van der Waals surface area contributed by atoms with Gasteiger partial charge in [0.15, 0.2) is 16.4 Å². The number of hydrogen-bond donors (Lipinski definition) is 1. The van der Waals surface area contributed by atoms with Crippen LogP contribution in [0.2, 0.25) is 0 Å². The summed E-state index contributed by atoms with van der Waals surface area (Å²) >= 11 is 0. The SMILES string of the molecule is O=C(COc1ccc2nc3n(c(=O)c2c1)CCC3)N[C@H]1CCS(=O)(=O)C1. The van der Waals surface area contributed by atoms with Crippen LogP contribution in [0.1, 0.15) is 18.7 Å². The number of ether oxygens (including phenoxy) is 1. The van der Waals surface area contributed by atoms with Crippen LogP contribution in [-0.4, -0.2) is 48.0 Å². The van der Waals surface area contributed by atoms with E-state index >= 15 is 0 Å². The maximum atomic E-state index is 12.5. The molecule has 2 aliphatic heterocycles. The molecule has 138 valence electrons. The first-order valence-corrected chi connectivity index (χ1v) is 10.4. The number of aromatic nitrogens is 2. The molecule has 0 spiro atoms. The van der Waals surface area contributed by atoms with Crippen LogP contribution in [0.3, 0.4) is 0 Å². The van der Waals surface area contributed by atoms with Gasteiger partial charge in [0.05, 0.1) is 22.4 Å². The summed E-state index contributed by atoms with van der Waals surface area (Å²) in [5, 5.41) is 3.13. The van der Waals surface area contributed by atoms with Crippen molar-refractivity contribution in [3.05, 3.63) is 34.4 Å². The minimum atomic E-state index is -3.04. The number of nitrogens with zero attached hydrogens (tertiary/aromatic N) is 2. The van der Waals surface area contributed by atoms with Crippen LogP contribution < -0.4 is 15.6 Å². The molecule has 8 nitrogen and oxygen atoms in total. The highest BCUT2D eigenvalue weighted by atomic mass is 32.2. The molecule has 0 unspecified atom stereocenters. The van der Waals surface area contributed by atoms with Crippen LogP contribution in [0.25, 0.3) is 10.9 Å². The zero-order valence-corrected chi connectivity index (χ0v) is 14.9. The number of hydrogen-bond acceptors (Lipinski definition) is 6. The molecule has 3 heterocycles. The van der Waals surface area contributed by atoms with Gasteiger partial charge >= 0.3 is 0 Å². The first-order chi connectivity index (χ1) is 12.4. The smallest absolute Gasteiger partial charge is 0.261 e. The summed E-state index contributed by atoms with van der Waals surface area (Å²) in [6.07, 6.45) is 2.15. The fourth-order valence-electron chi connectivity index (χ4n) is 3.48. The molecule has 0 radical (unpaired) electrons. The standard InChI is InChI=1S/C17H19N3O5S/c21-16(18-11-5-7-26(23,24)10-11)9-25-12-3-4-14-13(8-12)17(22)20-6-1-2-15(20)19-14/h3-4,8,11H,1-2,5-7,9-10H2,(H,18,21)/t11-/m0/s1. The van der Waals surface area contributed by atoms with Crippen LogP contribution in [-0.2, 0) is 27.6 Å². The maximum Gasteiger partial charge on any atom is 0.261 e. The Kier molecular flexibility index (Phi) is 4.18. The molecular formula is C17H19N3O5S. The van der Waals surface area contributed by atoms with E-state index in [1.165, 1.54) is 0 Å². The van der Waals surface area contributed by atoms with Gasteiger partial charge in [0.25, 0.3) is 11.5 Å². The number of amides is 1. The molecular weight excluding hydrogens is 358 g/mol. The van der Waals surface area contributed by atoms with Gasteiger partial charge in [-0.25, -0.2) is 13.4 Å². The van der Waals surface area contributed by atoms with Gasteiger partial charge in [-0.05, 0) is 31.0 Å². The summed E-state index contributed by atoms with van der Waals surface area (Å²) in [5.74, 6) is 0.912. The van der Waals surface area contributed by atoms with Gasteiger partial charge in [-0.1, -0.05) is 0 Å². The van der Waals surface area contributed by atoms with E-state index in [1.807, 2.05) is 0 Å². The van der Waals surface area contributed by atoms with Crippen molar-refractivity contribution in [1.29, 1.82) is 0 Å². The summed E-state index contributed by atoms with van der Waals surface area (Å²) in [6, 6.07) is 4.63. The van der Waals surface area contributed by atoms with Crippen LogP contribution >= 0.6 is 0 Å².